The molecule has 22 heavy (non-hydrogen) atoms. The molecule has 3 nitrogen and oxygen atoms in total. The molecule has 0 aromatic heterocycles. The SMILES string of the molecule is CCc1cc2c(cc1C(C)=O)N(CCCOC)CCC2(C)C. The molecule has 3 heteroatoms. The highest BCUT2D eigenvalue weighted by Crippen LogP contribution is 2.41. The molecule has 0 amide bonds. The number of Topliss-reactive ketones (excluding diaryl/α,β-unsaturated/α-hetero) is 1. The molecule has 0 N–H and O–H groups in total. The van der Waals surface area contributed by atoms with E-state index in [2.05, 4.69) is 37.8 Å². The number of aryl methyl sites for hydroxylation is 1. The minimum Gasteiger partial charge on any atom is -0.385 e. The molecule has 0 saturated carbocycles. The molecule has 0 bridgehead atoms. The lowest BCUT2D eigenvalue weighted by Crippen LogP contribution is -2.38. The molecule has 0 spiro atoms. The van der Waals surface area contributed by atoms with Crippen LogP contribution in [0.1, 0.15) is 62.0 Å². The van der Waals surface area contributed by atoms with Crippen molar-refractivity contribution in [1.82, 2.24) is 0 Å². The van der Waals surface area contributed by atoms with Crippen molar-refractivity contribution < 1.29 is 9.53 Å². The lowest BCUT2D eigenvalue weighted by molar-refractivity contribution is 0.101. The van der Waals surface area contributed by atoms with E-state index in [-0.39, 0.29) is 11.2 Å². The quantitative estimate of drug-likeness (QED) is 0.588. The van der Waals surface area contributed by atoms with Gasteiger partial charge in [-0.05, 0) is 48.8 Å². The van der Waals surface area contributed by atoms with Crippen LogP contribution < -0.4 is 4.90 Å². The highest BCUT2D eigenvalue weighted by Gasteiger charge is 2.32. The fourth-order valence-electron chi connectivity index (χ4n) is 3.36. The first-order valence-corrected chi connectivity index (χ1v) is 8.33. The highest BCUT2D eigenvalue weighted by atomic mass is 16.5. The predicted octanol–water partition coefficient (Wildman–Crippen LogP) is 3.98. The molecular weight excluding hydrogens is 274 g/mol. The summed E-state index contributed by atoms with van der Waals surface area (Å²) in [7, 11) is 1.74. The number of rotatable bonds is 6. The zero-order valence-electron chi connectivity index (χ0n) is 14.7. The topological polar surface area (TPSA) is 29.5 Å². The third-order valence-electron chi connectivity index (χ3n) is 4.83. The summed E-state index contributed by atoms with van der Waals surface area (Å²) in [6.45, 7) is 11.2. The third-order valence-corrected chi connectivity index (χ3v) is 4.83. The Morgan fingerprint density at radius 3 is 2.68 bits per heavy atom. The summed E-state index contributed by atoms with van der Waals surface area (Å²) >= 11 is 0. The monoisotopic (exact) mass is 303 g/mol. The number of benzene rings is 1. The number of methoxy groups -OCH3 is 1. The Balaban J connectivity index is 2.45. The van der Waals surface area contributed by atoms with E-state index in [0.29, 0.717) is 0 Å². The second-order valence-corrected chi connectivity index (χ2v) is 6.90. The fourth-order valence-corrected chi connectivity index (χ4v) is 3.36. The Kier molecular flexibility index (Phi) is 5.28. The Hall–Kier alpha value is -1.35. The highest BCUT2D eigenvalue weighted by molar-refractivity contribution is 5.97. The molecule has 122 valence electrons. The summed E-state index contributed by atoms with van der Waals surface area (Å²) in [5, 5.41) is 0. The van der Waals surface area contributed by atoms with Gasteiger partial charge in [-0.3, -0.25) is 4.79 Å². The zero-order chi connectivity index (χ0) is 16.3. The number of hydrogen-bond acceptors (Lipinski definition) is 3. The van der Waals surface area contributed by atoms with Gasteiger partial charge in [0.05, 0.1) is 0 Å². The first kappa shape index (κ1) is 17.0. The zero-order valence-corrected chi connectivity index (χ0v) is 14.7. The standard InChI is InChI=1S/C19H29NO2/c1-6-15-12-17-18(13-16(15)14(2)21)20(9-7-11-22-5)10-8-19(17,3)4/h12-13H,6-11H2,1-5H3. The van der Waals surface area contributed by atoms with Crippen molar-refractivity contribution in [3.8, 4) is 0 Å². The van der Waals surface area contributed by atoms with E-state index in [1.54, 1.807) is 14.0 Å². The van der Waals surface area contributed by atoms with Crippen molar-refractivity contribution in [2.75, 3.05) is 31.7 Å². The van der Waals surface area contributed by atoms with Crippen LogP contribution in [0.25, 0.3) is 0 Å². The molecule has 0 aliphatic carbocycles. The third kappa shape index (κ3) is 3.35. The normalized spacial score (nSPS) is 16.5. The number of carbonyl (C=O) groups excluding carboxylic acids is 1. The van der Waals surface area contributed by atoms with Gasteiger partial charge >= 0.3 is 0 Å². The number of nitrogens with zero attached hydrogens (tertiary/aromatic N) is 1. The second-order valence-electron chi connectivity index (χ2n) is 6.90. The van der Waals surface area contributed by atoms with Crippen LogP contribution in [0.15, 0.2) is 12.1 Å². The van der Waals surface area contributed by atoms with Crippen LogP contribution >= 0.6 is 0 Å². The molecule has 2 rings (SSSR count). The van der Waals surface area contributed by atoms with Crippen molar-refractivity contribution in [3.63, 3.8) is 0 Å². The summed E-state index contributed by atoms with van der Waals surface area (Å²) in [6, 6.07) is 4.40. The first-order chi connectivity index (χ1) is 10.4. The van der Waals surface area contributed by atoms with Crippen LogP contribution in [0.2, 0.25) is 0 Å². The van der Waals surface area contributed by atoms with Crippen LogP contribution in [0.4, 0.5) is 5.69 Å². The minimum atomic E-state index is 0.167. The van der Waals surface area contributed by atoms with Crippen molar-refractivity contribution in [2.24, 2.45) is 0 Å². The van der Waals surface area contributed by atoms with Crippen LogP contribution in [0, 0.1) is 0 Å². The maximum atomic E-state index is 12.0. The molecule has 0 saturated heterocycles. The van der Waals surface area contributed by atoms with E-state index in [1.807, 2.05) is 0 Å². The summed E-state index contributed by atoms with van der Waals surface area (Å²) in [5.41, 5.74) is 4.87. The van der Waals surface area contributed by atoms with E-state index in [9.17, 15) is 4.79 Å². The van der Waals surface area contributed by atoms with Gasteiger partial charge in [0, 0.05) is 38.1 Å². The molecule has 1 heterocycles. The fraction of sp³-hybridized carbons (Fsp3) is 0.632. The first-order valence-electron chi connectivity index (χ1n) is 8.33. The minimum absolute atomic E-state index is 0.167. The van der Waals surface area contributed by atoms with Gasteiger partial charge in [-0.1, -0.05) is 26.8 Å². The van der Waals surface area contributed by atoms with E-state index in [1.165, 1.54) is 16.8 Å². The van der Waals surface area contributed by atoms with Crippen molar-refractivity contribution >= 4 is 11.5 Å². The maximum absolute atomic E-state index is 12.0. The number of hydrogen-bond donors (Lipinski definition) is 0. The van der Waals surface area contributed by atoms with Crippen molar-refractivity contribution in [1.29, 1.82) is 0 Å². The lowest BCUT2D eigenvalue weighted by Gasteiger charge is -2.41. The molecule has 1 aromatic rings. The van der Waals surface area contributed by atoms with Gasteiger partial charge in [0.25, 0.3) is 0 Å². The van der Waals surface area contributed by atoms with E-state index >= 15 is 0 Å². The molecule has 1 aliphatic heterocycles. The molecule has 1 aliphatic rings. The van der Waals surface area contributed by atoms with Gasteiger partial charge in [-0.25, -0.2) is 0 Å². The lowest BCUT2D eigenvalue weighted by atomic mass is 9.76. The van der Waals surface area contributed by atoms with Crippen LogP contribution in [0.3, 0.4) is 0 Å². The summed E-state index contributed by atoms with van der Waals surface area (Å²) < 4.78 is 5.18. The number of ether oxygens (including phenoxy) is 1. The smallest absolute Gasteiger partial charge is 0.160 e. The second kappa shape index (κ2) is 6.82. The number of carbonyl (C=O) groups is 1. The largest absolute Gasteiger partial charge is 0.385 e. The summed E-state index contributed by atoms with van der Waals surface area (Å²) in [4.78, 5) is 14.4. The van der Waals surface area contributed by atoms with Crippen LogP contribution in [0.5, 0.6) is 0 Å². The number of fused-ring (bicyclic) bond motifs is 1. The van der Waals surface area contributed by atoms with Gasteiger partial charge in [0.15, 0.2) is 5.78 Å². The number of ketones is 1. The molecule has 0 fully saturated rings. The Bertz CT molecular complexity index is 549. The summed E-state index contributed by atoms with van der Waals surface area (Å²) in [5.74, 6) is 0.167. The molecule has 0 unspecified atom stereocenters. The molecule has 0 radical (unpaired) electrons. The maximum Gasteiger partial charge on any atom is 0.160 e. The van der Waals surface area contributed by atoms with Gasteiger partial charge in [-0.2, -0.15) is 0 Å². The van der Waals surface area contributed by atoms with Crippen molar-refractivity contribution in [3.05, 3.63) is 28.8 Å². The van der Waals surface area contributed by atoms with Gasteiger partial charge in [-0.15, -0.1) is 0 Å². The molecule has 0 atom stereocenters. The Morgan fingerprint density at radius 2 is 2.09 bits per heavy atom. The Labute approximate surface area is 134 Å². The van der Waals surface area contributed by atoms with Gasteiger partial charge in [0.2, 0.25) is 0 Å². The molecule has 1 aromatic carbocycles. The Morgan fingerprint density at radius 1 is 1.36 bits per heavy atom. The van der Waals surface area contributed by atoms with Gasteiger partial charge < -0.3 is 9.64 Å². The molecular formula is C19H29NO2. The average molecular weight is 303 g/mol. The van der Waals surface area contributed by atoms with Crippen LogP contribution in [-0.4, -0.2) is 32.6 Å². The van der Waals surface area contributed by atoms with Crippen LogP contribution in [-0.2, 0) is 16.6 Å². The van der Waals surface area contributed by atoms with E-state index in [4.69, 9.17) is 4.74 Å². The van der Waals surface area contributed by atoms with E-state index in [0.717, 1.165) is 44.5 Å². The number of anilines is 1. The predicted molar refractivity (Wildman–Crippen MR) is 92.2 cm³/mol. The average Bonchev–Trinajstić information content (AvgIpc) is 2.48. The van der Waals surface area contributed by atoms with E-state index < -0.39 is 0 Å². The van der Waals surface area contributed by atoms with Gasteiger partial charge in [0.1, 0.15) is 0 Å². The summed E-state index contributed by atoms with van der Waals surface area (Å²) in [6.07, 6.45) is 3.07. The van der Waals surface area contributed by atoms with Crippen molar-refractivity contribution in [2.45, 2.75) is 52.4 Å².